The maximum absolute atomic E-state index is 12.4. The zero-order valence-electron chi connectivity index (χ0n) is 16.6. The molecule has 2 aromatic carbocycles. The van der Waals surface area contributed by atoms with E-state index in [0.29, 0.717) is 37.4 Å². The Kier molecular flexibility index (Phi) is 6.54. The summed E-state index contributed by atoms with van der Waals surface area (Å²) in [7, 11) is 0. The number of nitrogens with zero attached hydrogens (tertiary/aromatic N) is 1. The topological polar surface area (TPSA) is 103 Å². The van der Waals surface area contributed by atoms with Gasteiger partial charge in [-0.05, 0) is 38.5 Å². The molecule has 0 saturated carbocycles. The summed E-state index contributed by atoms with van der Waals surface area (Å²) in [6.07, 6.45) is 1.90. The van der Waals surface area contributed by atoms with Crippen LogP contribution in [0.1, 0.15) is 32.3 Å². The number of hydrogen-bond donors (Lipinski definition) is 2. The van der Waals surface area contributed by atoms with Crippen LogP contribution in [0.5, 0.6) is 11.5 Å². The largest absolute Gasteiger partial charge is 0.492 e. The standard InChI is InChI=1S/C21H25N3O5/c1-3-28-20-12-15-11-14(2)29-19(15)13-18(20)23-21(25)5-4-10-22-16-6-8-17(9-7-16)24(26)27/h6-9,12-14,22H,3-5,10-11H2,1-2H3,(H,23,25). The lowest BCUT2D eigenvalue weighted by Gasteiger charge is -2.14. The maximum Gasteiger partial charge on any atom is 0.269 e. The SMILES string of the molecule is CCOc1cc2c(cc1NC(=O)CCCNc1ccc([N+](=O)[O-])cc1)OC(C)C2. The zero-order valence-corrected chi connectivity index (χ0v) is 16.6. The first-order valence-electron chi connectivity index (χ1n) is 9.70. The Morgan fingerprint density at radius 2 is 2.07 bits per heavy atom. The maximum atomic E-state index is 12.4. The van der Waals surface area contributed by atoms with E-state index in [0.717, 1.165) is 23.4 Å². The molecule has 0 bridgehead atoms. The molecule has 0 saturated heterocycles. The fraction of sp³-hybridized carbons (Fsp3) is 0.381. The average molecular weight is 399 g/mol. The van der Waals surface area contributed by atoms with Crippen molar-refractivity contribution in [1.82, 2.24) is 0 Å². The first-order valence-corrected chi connectivity index (χ1v) is 9.70. The van der Waals surface area contributed by atoms with Gasteiger partial charge in [-0.2, -0.15) is 0 Å². The van der Waals surface area contributed by atoms with Gasteiger partial charge >= 0.3 is 0 Å². The Labute approximate surface area is 169 Å². The Morgan fingerprint density at radius 1 is 1.31 bits per heavy atom. The van der Waals surface area contributed by atoms with E-state index in [1.54, 1.807) is 12.1 Å². The van der Waals surface area contributed by atoms with Gasteiger partial charge in [-0.25, -0.2) is 0 Å². The van der Waals surface area contributed by atoms with Crippen molar-refractivity contribution in [2.75, 3.05) is 23.8 Å². The average Bonchev–Trinajstić information content (AvgIpc) is 3.05. The quantitative estimate of drug-likeness (QED) is 0.373. The molecule has 2 aromatic rings. The van der Waals surface area contributed by atoms with Gasteiger partial charge in [0.1, 0.15) is 17.6 Å². The van der Waals surface area contributed by atoms with Crippen molar-refractivity contribution in [3.63, 3.8) is 0 Å². The third-order valence-corrected chi connectivity index (χ3v) is 4.56. The van der Waals surface area contributed by atoms with E-state index in [-0.39, 0.29) is 17.7 Å². The summed E-state index contributed by atoms with van der Waals surface area (Å²) in [6.45, 7) is 5.00. The third kappa shape index (κ3) is 5.37. The molecular weight excluding hydrogens is 374 g/mol. The highest BCUT2D eigenvalue weighted by atomic mass is 16.6. The van der Waals surface area contributed by atoms with E-state index in [4.69, 9.17) is 9.47 Å². The molecule has 3 rings (SSSR count). The lowest BCUT2D eigenvalue weighted by molar-refractivity contribution is -0.384. The number of ether oxygens (including phenoxy) is 2. The summed E-state index contributed by atoms with van der Waals surface area (Å²) in [5.74, 6) is 1.33. The summed E-state index contributed by atoms with van der Waals surface area (Å²) < 4.78 is 11.5. The Hall–Kier alpha value is -3.29. The summed E-state index contributed by atoms with van der Waals surface area (Å²) in [6, 6.07) is 9.96. The molecule has 0 spiro atoms. The van der Waals surface area contributed by atoms with Gasteiger partial charge in [-0.3, -0.25) is 14.9 Å². The van der Waals surface area contributed by atoms with Crippen molar-refractivity contribution in [3.8, 4) is 11.5 Å². The van der Waals surface area contributed by atoms with Crippen LogP contribution >= 0.6 is 0 Å². The number of nitro benzene ring substituents is 1. The number of benzene rings is 2. The van der Waals surface area contributed by atoms with E-state index in [9.17, 15) is 14.9 Å². The normalized spacial score (nSPS) is 14.6. The third-order valence-electron chi connectivity index (χ3n) is 4.56. The molecule has 154 valence electrons. The molecule has 0 aliphatic carbocycles. The fourth-order valence-corrected chi connectivity index (χ4v) is 3.21. The molecule has 0 aromatic heterocycles. The number of carbonyl (C=O) groups is 1. The van der Waals surface area contributed by atoms with Crippen LogP contribution in [0, 0.1) is 10.1 Å². The molecule has 1 heterocycles. The van der Waals surface area contributed by atoms with Crippen LogP contribution in [0.25, 0.3) is 0 Å². The van der Waals surface area contributed by atoms with Gasteiger partial charge in [-0.15, -0.1) is 0 Å². The first kappa shape index (κ1) is 20.4. The number of nitrogens with one attached hydrogen (secondary N) is 2. The molecule has 8 nitrogen and oxygen atoms in total. The Bertz CT molecular complexity index is 883. The minimum absolute atomic E-state index is 0.0488. The minimum Gasteiger partial charge on any atom is -0.492 e. The molecule has 0 radical (unpaired) electrons. The predicted molar refractivity (Wildman–Crippen MR) is 111 cm³/mol. The van der Waals surface area contributed by atoms with Crippen molar-refractivity contribution in [2.45, 2.75) is 39.2 Å². The number of rotatable bonds is 9. The van der Waals surface area contributed by atoms with Crippen LogP contribution in [0.3, 0.4) is 0 Å². The number of amides is 1. The molecule has 0 fully saturated rings. The highest BCUT2D eigenvalue weighted by molar-refractivity contribution is 5.92. The molecule has 29 heavy (non-hydrogen) atoms. The van der Waals surface area contributed by atoms with Gasteiger partial charge in [0, 0.05) is 48.8 Å². The van der Waals surface area contributed by atoms with Gasteiger partial charge in [-0.1, -0.05) is 0 Å². The second-order valence-corrected chi connectivity index (χ2v) is 6.90. The lowest BCUT2D eigenvalue weighted by Crippen LogP contribution is -2.14. The molecule has 1 atom stereocenters. The number of carbonyl (C=O) groups excluding carboxylic acids is 1. The van der Waals surface area contributed by atoms with Gasteiger partial charge in [0.2, 0.25) is 5.91 Å². The van der Waals surface area contributed by atoms with Crippen LogP contribution < -0.4 is 20.1 Å². The van der Waals surface area contributed by atoms with E-state index in [2.05, 4.69) is 10.6 Å². The van der Waals surface area contributed by atoms with Crippen molar-refractivity contribution >= 4 is 23.0 Å². The van der Waals surface area contributed by atoms with E-state index >= 15 is 0 Å². The highest BCUT2D eigenvalue weighted by Gasteiger charge is 2.22. The summed E-state index contributed by atoms with van der Waals surface area (Å²) in [4.78, 5) is 22.6. The Balaban J connectivity index is 1.50. The van der Waals surface area contributed by atoms with Gasteiger partial charge in [0.25, 0.3) is 5.69 Å². The smallest absolute Gasteiger partial charge is 0.269 e. The molecule has 1 unspecified atom stereocenters. The van der Waals surface area contributed by atoms with Crippen LogP contribution in [0.2, 0.25) is 0 Å². The van der Waals surface area contributed by atoms with Gasteiger partial charge < -0.3 is 20.1 Å². The molecule has 1 aliphatic rings. The summed E-state index contributed by atoms with van der Waals surface area (Å²) in [5.41, 5.74) is 2.53. The zero-order chi connectivity index (χ0) is 20.8. The molecular formula is C21H25N3O5. The van der Waals surface area contributed by atoms with Crippen molar-refractivity contribution in [3.05, 3.63) is 52.1 Å². The molecule has 8 heteroatoms. The minimum atomic E-state index is -0.435. The second-order valence-electron chi connectivity index (χ2n) is 6.90. The number of anilines is 2. The van der Waals surface area contributed by atoms with Crippen LogP contribution in [-0.2, 0) is 11.2 Å². The van der Waals surface area contributed by atoms with Gasteiger partial charge in [0.05, 0.1) is 17.2 Å². The van der Waals surface area contributed by atoms with Crippen LogP contribution in [0.15, 0.2) is 36.4 Å². The molecule has 2 N–H and O–H groups in total. The molecule has 1 aliphatic heterocycles. The number of hydrogen-bond acceptors (Lipinski definition) is 6. The predicted octanol–water partition coefficient (Wildman–Crippen LogP) is 4.15. The lowest BCUT2D eigenvalue weighted by atomic mass is 10.1. The van der Waals surface area contributed by atoms with Crippen LogP contribution in [-0.4, -0.2) is 30.1 Å². The monoisotopic (exact) mass is 399 g/mol. The van der Waals surface area contributed by atoms with Gasteiger partial charge in [0.15, 0.2) is 0 Å². The van der Waals surface area contributed by atoms with Crippen LogP contribution in [0.4, 0.5) is 17.1 Å². The summed E-state index contributed by atoms with van der Waals surface area (Å²) in [5, 5.41) is 16.7. The van der Waals surface area contributed by atoms with E-state index in [1.807, 2.05) is 26.0 Å². The molecule has 1 amide bonds. The first-order chi connectivity index (χ1) is 14.0. The fourth-order valence-electron chi connectivity index (χ4n) is 3.21. The van der Waals surface area contributed by atoms with Crippen molar-refractivity contribution in [2.24, 2.45) is 0 Å². The second kappa shape index (κ2) is 9.27. The van der Waals surface area contributed by atoms with Crippen molar-refractivity contribution in [1.29, 1.82) is 0 Å². The Morgan fingerprint density at radius 3 is 2.76 bits per heavy atom. The number of nitro groups is 1. The van der Waals surface area contributed by atoms with Crippen molar-refractivity contribution < 1.29 is 19.2 Å². The summed E-state index contributed by atoms with van der Waals surface area (Å²) >= 11 is 0. The number of non-ortho nitro benzene ring substituents is 1. The van der Waals surface area contributed by atoms with E-state index in [1.165, 1.54) is 12.1 Å². The highest BCUT2D eigenvalue weighted by Crippen LogP contribution is 2.38. The van der Waals surface area contributed by atoms with E-state index < -0.39 is 4.92 Å². The number of fused-ring (bicyclic) bond motifs is 1.